The Morgan fingerprint density at radius 3 is 2.92 bits per heavy atom. The number of halogens is 1. The first-order valence-corrected chi connectivity index (χ1v) is 10.1. The van der Waals surface area contributed by atoms with E-state index in [-0.39, 0.29) is 5.91 Å². The van der Waals surface area contributed by atoms with Gasteiger partial charge in [0.25, 0.3) is 5.91 Å². The second kappa shape index (κ2) is 10.3. The number of nitrogens with zero attached hydrogens (tertiary/aromatic N) is 1. The Labute approximate surface area is 164 Å². The summed E-state index contributed by atoms with van der Waals surface area (Å²) in [6.45, 7) is 7.05. The lowest BCUT2D eigenvalue weighted by Crippen LogP contribution is -2.16. The smallest absolute Gasteiger partial charge is 0.272 e. The fourth-order valence-corrected chi connectivity index (χ4v) is 3.41. The maximum Gasteiger partial charge on any atom is 0.272 e. The van der Waals surface area contributed by atoms with E-state index in [2.05, 4.69) is 31.3 Å². The second-order valence-electron chi connectivity index (χ2n) is 6.46. The molecule has 2 aromatic rings. The summed E-state index contributed by atoms with van der Waals surface area (Å²) < 4.78 is 5.81. The Morgan fingerprint density at radius 2 is 2.19 bits per heavy atom. The van der Waals surface area contributed by atoms with Crippen LogP contribution in [0.3, 0.4) is 0 Å². The zero-order chi connectivity index (χ0) is 18.9. The van der Waals surface area contributed by atoms with E-state index in [1.165, 1.54) is 4.88 Å². The number of carbonyl (C=O) groups excluding carboxylic acids is 1. The van der Waals surface area contributed by atoms with E-state index in [4.69, 9.17) is 16.3 Å². The predicted molar refractivity (Wildman–Crippen MR) is 110 cm³/mol. The van der Waals surface area contributed by atoms with Crippen LogP contribution in [-0.2, 0) is 6.42 Å². The number of nitrogens with one attached hydrogen (secondary N) is 1. The van der Waals surface area contributed by atoms with Crippen LogP contribution < -0.4 is 10.2 Å². The van der Waals surface area contributed by atoms with Gasteiger partial charge in [-0.3, -0.25) is 4.79 Å². The molecule has 4 nitrogen and oxygen atoms in total. The van der Waals surface area contributed by atoms with Gasteiger partial charge in [-0.05, 0) is 43.0 Å². The summed E-state index contributed by atoms with van der Waals surface area (Å²) in [6.07, 6.45) is 4.58. The van der Waals surface area contributed by atoms with Gasteiger partial charge >= 0.3 is 0 Å². The van der Waals surface area contributed by atoms with E-state index in [1.54, 1.807) is 29.7 Å². The van der Waals surface area contributed by atoms with E-state index in [9.17, 15) is 4.79 Å². The maximum absolute atomic E-state index is 12.2. The van der Waals surface area contributed by atoms with Crippen LogP contribution in [0.2, 0.25) is 5.02 Å². The number of hydrazone groups is 1. The van der Waals surface area contributed by atoms with Crippen LogP contribution in [-0.4, -0.2) is 18.7 Å². The van der Waals surface area contributed by atoms with Gasteiger partial charge in [0.05, 0.1) is 18.4 Å². The highest BCUT2D eigenvalue weighted by molar-refractivity contribution is 7.10. The van der Waals surface area contributed by atoms with Crippen LogP contribution in [0.15, 0.2) is 34.7 Å². The highest BCUT2D eigenvalue weighted by Crippen LogP contribution is 2.22. The van der Waals surface area contributed by atoms with E-state index in [0.717, 1.165) is 24.8 Å². The van der Waals surface area contributed by atoms with Crippen molar-refractivity contribution in [1.82, 2.24) is 5.43 Å². The van der Waals surface area contributed by atoms with E-state index >= 15 is 0 Å². The first-order valence-electron chi connectivity index (χ1n) is 8.82. The Bertz CT molecular complexity index is 756. The zero-order valence-electron chi connectivity index (χ0n) is 15.4. The molecule has 0 radical (unpaired) electrons. The van der Waals surface area contributed by atoms with Gasteiger partial charge in [-0.25, -0.2) is 5.43 Å². The first-order chi connectivity index (χ1) is 12.5. The van der Waals surface area contributed by atoms with Gasteiger partial charge in [-0.1, -0.05) is 38.8 Å². The lowest BCUT2D eigenvalue weighted by atomic mass is 10.1. The van der Waals surface area contributed by atoms with Gasteiger partial charge < -0.3 is 4.74 Å². The van der Waals surface area contributed by atoms with Gasteiger partial charge in [0.2, 0.25) is 0 Å². The van der Waals surface area contributed by atoms with Crippen molar-refractivity contribution in [2.75, 3.05) is 6.61 Å². The topological polar surface area (TPSA) is 50.7 Å². The van der Waals surface area contributed by atoms with Crippen LogP contribution in [0.4, 0.5) is 0 Å². The number of ether oxygens (including phenoxy) is 1. The molecule has 1 aromatic carbocycles. The summed E-state index contributed by atoms with van der Waals surface area (Å²) in [4.78, 5) is 13.4. The highest BCUT2D eigenvalue weighted by Gasteiger charge is 2.08. The molecule has 0 aliphatic rings. The van der Waals surface area contributed by atoms with Crippen LogP contribution in [0.5, 0.6) is 5.75 Å². The molecule has 1 N–H and O–H groups in total. The molecule has 0 aliphatic heterocycles. The molecular formula is C20H25ClN2O2S. The first kappa shape index (κ1) is 20.5. The Morgan fingerprint density at radius 1 is 1.38 bits per heavy atom. The third-order valence-electron chi connectivity index (χ3n) is 3.71. The Kier molecular flexibility index (Phi) is 8.13. The summed E-state index contributed by atoms with van der Waals surface area (Å²) in [6, 6.07) is 7.29. The molecule has 1 aromatic heterocycles. The number of aryl methyl sites for hydroxylation is 1. The third-order valence-corrected chi connectivity index (χ3v) is 4.94. The second-order valence-corrected chi connectivity index (χ2v) is 7.90. The molecule has 0 unspecified atom stereocenters. The van der Waals surface area contributed by atoms with E-state index in [1.807, 2.05) is 17.5 Å². The summed E-state index contributed by atoms with van der Waals surface area (Å²) in [5.41, 5.74) is 3.93. The maximum atomic E-state index is 12.2. The summed E-state index contributed by atoms with van der Waals surface area (Å²) in [5, 5.41) is 6.51. The molecule has 1 heterocycles. The van der Waals surface area contributed by atoms with Crippen LogP contribution >= 0.6 is 22.9 Å². The van der Waals surface area contributed by atoms with Crippen molar-refractivity contribution in [2.24, 2.45) is 11.0 Å². The number of rotatable bonds is 9. The van der Waals surface area contributed by atoms with Crippen molar-refractivity contribution >= 4 is 35.1 Å². The molecule has 0 atom stereocenters. The van der Waals surface area contributed by atoms with Crippen molar-refractivity contribution < 1.29 is 9.53 Å². The fraction of sp³-hybridized carbons (Fsp3) is 0.400. The van der Waals surface area contributed by atoms with Gasteiger partial charge in [0, 0.05) is 20.8 Å². The molecule has 1 amide bonds. The average molecular weight is 393 g/mol. The predicted octanol–water partition coefficient (Wildman–Crippen LogP) is 5.54. The summed E-state index contributed by atoms with van der Waals surface area (Å²) >= 11 is 7.67. The van der Waals surface area contributed by atoms with Crippen molar-refractivity contribution in [2.45, 2.75) is 40.0 Å². The molecule has 6 heteroatoms. The molecule has 0 bridgehead atoms. The van der Waals surface area contributed by atoms with Crippen LogP contribution in [0.25, 0.3) is 0 Å². The molecule has 26 heavy (non-hydrogen) atoms. The molecule has 0 saturated carbocycles. The minimum atomic E-state index is -0.218. The molecular weight excluding hydrogens is 368 g/mol. The largest absolute Gasteiger partial charge is 0.493 e. The van der Waals surface area contributed by atoms with Crippen molar-refractivity contribution in [1.29, 1.82) is 0 Å². The molecule has 140 valence electrons. The molecule has 0 aliphatic carbocycles. The average Bonchev–Trinajstić information content (AvgIpc) is 3.05. The fourth-order valence-electron chi connectivity index (χ4n) is 2.26. The normalized spacial score (nSPS) is 11.3. The Balaban J connectivity index is 1.99. The molecule has 0 fully saturated rings. The van der Waals surface area contributed by atoms with E-state index in [0.29, 0.717) is 28.9 Å². The standard InChI is InChI=1S/C20H25ClN2O2S/c1-4-5-18-11-16(13-26-18)20(24)23-22-12-15-10-17(21)6-7-19(15)25-9-8-14(2)3/h6-7,10-14H,4-5,8-9H2,1-3H3,(H,23,24)/b22-12-. The van der Waals surface area contributed by atoms with Crippen molar-refractivity contribution in [3.05, 3.63) is 50.7 Å². The van der Waals surface area contributed by atoms with Gasteiger partial charge in [-0.2, -0.15) is 5.10 Å². The third kappa shape index (κ3) is 6.46. The molecule has 0 saturated heterocycles. The van der Waals surface area contributed by atoms with Crippen LogP contribution in [0, 0.1) is 5.92 Å². The van der Waals surface area contributed by atoms with Crippen molar-refractivity contribution in [3.63, 3.8) is 0 Å². The van der Waals surface area contributed by atoms with Gasteiger partial charge in [-0.15, -0.1) is 11.3 Å². The zero-order valence-corrected chi connectivity index (χ0v) is 17.0. The summed E-state index contributed by atoms with van der Waals surface area (Å²) in [7, 11) is 0. The Hall–Kier alpha value is -1.85. The van der Waals surface area contributed by atoms with Gasteiger partial charge in [0.1, 0.15) is 5.75 Å². The number of benzene rings is 1. The number of amides is 1. The minimum absolute atomic E-state index is 0.218. The number of hydrogen-bond acceptors (Lipinski definition) is 4. The lowest BCUT2D eigenvalue weighted by molar-refractivity contribution is 0.0955. The lowest BCUT2D eigenvalue weighted by Gasteiger charge is -2.10. The van der Waals surface area contributed by atoms with Gasteiger partial charge in [0.15, 0.2) is 0 Å². The number of thiophene rings is 1. The molecule has 0 spiro atoms. The molecule has 2 rings (SSSR count). The monoisotopic (exact) mass is 392 g/mol. The van der Waals surface area contributed by atoms with E-state index < -0.39 is 0 Å². The van der Waals surface area contributed by atoms with Crippen LogP contribution in [0.1, 0.15) is 54.4 Å². The highest BCUT2D eigenvalue weighted by atomic mass is 35.5. The minimum Gasteiger partial charge on any atom is -0.493 e. The number of hydrogen-bond donors (Lipinski definition) is 1. The quantitative estimate of drug-likeness (QED) is 0.449. The van der Waals surface area contributed by atoms with Crippen molar-refractivity contribution in [3.8, 4) is 5.75 Å². The number of carbonyl (C=O) groups is 1. The SMILES string of the molecule is CCCc1cc(C(=O)N/N=C\c2cc(Cl)ccc2OCCC(C)C)cs1. The summed E-state index contributed by atoms with van der Waals surface area (Å²) in [5.74, 6) is 1.06.